The molecule has 0 bridgehead atoms. The standard InChI is InChI=1S/C21H28BrNO2S/c1-6-19(15-7-11-17(22)12-8-15)20(23-26(24)21(2,3)4)16-9-13-18(25-5)14-10-16/h6-13,18-20,23H,1,14H2,2-5H3/t18?,19-,20+,26?/m0/s1. The van der Waals surface area contributed by atoms with Crippen molar-refractivity contribution in [2.75, 3.05) is 7.11 Å². The fraction of sp³-hybridized carbons (Fsp3) is 0.429. The average molecular weight is 438 g/mol. The third-order valence-corrected chi connectivity index (χ3v) is 6.52. The van der Waals surface area contributed by atoms with Crippen LogP contribution in [0.5, 0.6) is 0 Å². The molecule has 3 nitrogen and oxygen atoms in total. The first kappa shape index (κ1) is 21.3. The van der Waals surface area contributed by atoms with Gasteiger partial charge in [0.1, 0.15) is 0 Å². The smallest absolute Gasteiger partial charge is 0.0976 e. The van der Waals surface area contributed by atoms with Crippen molar-refractivity contribution in [1.29, 1.82) is 0 Å². The Balaban J connectivity index is 2.37. The fourth-order valence-corrected chi connectivity index (χ4v) is 3.94. The SMILES string of the molecule is C=C[C@@H](c1ccc(Br)cc1)[C@H](NS(=O)C(C)(C)C)C1=CCC(OC)C=C1. The molecule has 1 aliphatic carbocycles. The molecular weight excluding hydrogens is 410 g/mol. The largest absolute Gasteiger partial charge is 0.377 e. The van der Waals surface area contributed by atoms with Gasteiger partial charge in [0.2, 0.25) is 0 Å². The summed E-state index contributed by atoms with van der Waals surface area (Å²) in [5.41, 5.74) is 2.25. The predicted octanol–water partition coefficient (Wildman–Crippen LogP) is 5.04. The molecule has 0 amide bonds. The summed E-state index contributed by atoms with van der Waals surface area (Å²) in [6.07, 6.45) is 9.14. The topological polar surface area (TPSA) is 38.3 Å². The van der Waals surface area contributed by atoms with Crippen LogP contribution in [0.15, 0.2) is 65.2 Å². The van der Waals surface area contributed by atoms with Crippen molar-refractivity contribution < 1.29 is 8.95 Å². The lowest BCUT2D eigenvalue weighted by molar-refractivity contribution is 0.142. The van der Waals surface area contributed by atoms with Crippen LogP contribution in [0.1, 0.15) is 38.7 Å². The number of nitrogens with one attached hydrogen (secondary N) is 1. The van der Waals surface area contributed by atoms with Crippen molar-refractivity contribution in [3.63, 3.8) is 0 Å². The quantitative estimate of drug-likeness (QED) is 0.606. The Kier molecular flexibility index (Phi) is 7.59. The molecule has 26 heavy (non-hydrogen) atoms. The van der Waals surface area contributed by atoms with Crippen molar-refractivity contribution in [2.45, 2.75) is 50.0 Å². The molecule has 0 saturated carbocycles. The Morgan fingerprint density at radius 1 is 1.35 bits per heavy atom. The van der Waals surface area contributed by atoms with E-state index in [2.05, 4.69) is 57.6 Å². The highest BCUT2D eigenvalue weighted by molar-refractivity contribution is 9.10. The zero-order chi connectivity index (χ0) is 19.3. The summed E-state index contributed by atoms with van der Waals surface area (Å²) in [5, 5.41) is 0. The van der Waals surface area contributed by atoms with Crippen LogP contribution < -0.4 is 4.72 Å². The molecule has 2 rings (SSSR count). The molecule has 1 N–H and O–H groups in total. The van der Waals surface area contributed by atoms with E-state index in [4.69, 9.17) is 4.74 Å². The summed E-state index contributed by atoms with van der Waals surface area (Å²) in [6.45, 7) is 9.97. The molecular formula is C21H28BrNO2S. The van der Waals surface area contributed by atoms with Crippen molar-refractivity contribution >= 4 is 26.9 Å². The lowest BCUT2D eigenvalue weighted by Gasteiger charge is -2.31. The van der Waals surface area contributed by atoms with E-state index >= 15 is 0 Å². The number of methoxy groups -OCH3 is 1. The van der Waals surface area contributed by atoms with Gasteiger partial charge in [-0.1, -0.05) is 52.4 Å². The minimum Gasteiger partial charge on any atom is -0.377 e. The Labute approximate surface area is 168 Å². The average Bonchev–Trinajstić information content (AvgIpc) is 2.62. The van der Waals surface area contributed by atoms with E-state index in [1.165, 1.54) is 0 Å². The highest BCUT2D eigenvalue weighted by Gasteiger charge is 2.30. The second kappa shape index (κ2) is 9.27. The lowest BCUT2D eigenvalue weighted by atomic mass is 9.85. The number of halogens is 1. The van der Waals surface area contributed by atoms with Gasteiger partial charge < -0.3 is 4.74 Å². The molecule has 0 heterocycles. The number of ether oxygens (including phenoxy) is 1. The van der Waals surface area contributed by atoms with Gasteiger partial charge in [0, 0.05) is 17.5 Å². The molecule has 1 aromatic carbocycles. The van der Waals surface area contributed by atoms with Crippen LogP contribution in [0.2, 0.25) is 0 Å². The maximum absolute atomic E-state index is 12.8. The third-order valence-electron chi connectivity index (χ3n) is 4.41. The number of hydrogen-bond acceptors (Lipinski definition) is 2. The first-order valence-electron chi connectivity index (χ1n) is 8.73. The first-order chi connectivity index (χ1) is 12.3. The summed E-state index contributed by atoms with van der Waals surface area (Å²) >= 11 is 3.48. The summed E-state index contributed by atoms with van der Waals surface area (Å²) < 4.78 is 22.3. The first-order valence-corrected chi connectivity index (χ1v) is 10.7. The van der Waals surface area contributed by atoms with E-state index in [0.717, 1.165) is 22.0 Å². The Morgan fingerprint density at radius 2 is 2.00 bits per heavy atom. The molecule has 0 spiro atoms. The van der Waals surface area contributed by atoms with Gasteiger partial charge in [0.05, 0.1) is 27.9 Å². The van der Waals surface area contributed by atoms with E-state index in [-0.39, 0.29) is 22.8 Å². The van der Waals surface area contributed by atoms with Crippen LogP contribution in [0.3, 0.4) is 0 Å². The Hall–Kier alpha value is -1.01. The van der Waals surface area contributed by atoms with Gasteiger partial charge in [-0.15, -0.1) is 6.58 Å². The van der Waals surface area contributed by atoms with Gasteiger partial charge in [0.25, 0.3) is 0 Å². The second-order valence-electron chi connectivity index (χ2n) is 7.36. The Morgan fingerprint density at radius 3 is 2.46 bits per heavy atom. The van der Waals surface area contributed by atoms with E-state index < -0.39 is 11.0 Å². The van der Waals surface area contributed by atoms with Crippen molar-refractivity contribution in [1.82, 2.24) is 4.72 Å². The van der Waals surface area contributed by atoms with Gasteiger partial charge in [-0.3, -0.25) is 0 Å². The molecule has 142 valence electrons. The highest BCUT2D eigenvalue weighted by atomic mass is 79.9. The van der Waals surface area contributed by atoms with Gasteiger partial charge in [-0.2, -0.15) is 0 Å². The molecule has 1 aliphatic rings. The maximum atomic E-state index is 12.8. The fourth-order valence-electron chi connectivity index (χ4n) is 2.81. The van der Waals surface area contributed by atoms with Gasteiger partial charge in [-0.05, 0) is 50.5 Å². The molecule has 0 aliphatic heterocycles. The normalized spacial score (nSPS) is 21.0. The number of benzene rings is 1. The van der Waals surface area contributed by atoms with Crippen LogP contribution in [-0.2, 0) is 15.7 Å². The maximum Gasteiger partial charge on any atom is 0.0976 e. The summed E-state index contributed by atoms with van der Waals surface area (Å²) in [6, 6.07) is 8.08. The molecule has 1 aromatic rings. The predicted molar refractivity (Wildman–Crippen MR) is 115 cm³/mol. The van der Waals surface area contributed by atoms with Crippen molar-refractivity contribution in [2.24, 2.45) is 0 Å². The number of rotatable bonds is 7. The second-order valence-corrected chi connectivity index (χ2v) is 10.3. The summed E-state index contributed by atoms with van der Waals surface area (Å²) in [4.78, 5) is 0. The van der Waals surface area contributed by atoms with E-state index in [1.807, 2.05) is 39.0 Å². The van der Waals surface area contributed by atoms with Crippen LogP contribution >= 0.6 is 15.9 Å². The third kappa shape index (κ3) is 5.49. The van der Waals surface area contributed by atoms with E-state index in [0.29, 0.717) is 0 Å². The zero-order valence-electron chi connectivity index (χ0n) is 15.9. The number of hydrogen-bond donors (Lipinski definition) is 1. The highest BCUT2D eigenvalue weighted by Crippen LogP contribution is 2.30. The molecule has 0 saturated heterocycles. The lowest BCUT2D eigenvalue weighted by Crippen LogP contribution is -2.43. The monoisotopic (exact) mass is 437 g/mol. The molecule has 5 heteroatoms. The Bertz CT molecular complexity index is 704. The zero-order valence-corrected chi connectivity index (χ0v) is 18.3. The van der Waals surface area contributed by atoms with Crippen molar-refractivity contribution in [3.05, 3.63) is 70.8 Å². The van der Waals surface area contributed by atoms with Gasteiger partial charge in [0.15, 0.2) is 0 Å². The van der Waals surface area contributed by atoms with Crippen LogP contribution in [-0.4, -0.2) is 28.2 Å². The summed E-state index contributed by atoms with van der Waals surface area (Å²) in [5.74, 6) is 0.00407. The van der Waals surface area contributed by atoms with Crippen LogP contribution in [0.4, 0.5) is 0 Å². The van der Waals surface area contributed by atoms with Crippen LogP contribution in [0, 0.1) is 0 Å². The van der Waals surface area contributed by atoms with E-state index in [1.54, 1.807) is 7.11 Å². The molecule has 4 atom stereocenters. The molecule has 0 radical (unpaired) electrons. The van der Waals surface area contributed by atoms with Gasteiger partial charge >= 0.3 is 0 Å². The van der Waals surface area contributed by atoms with Gasteiger partial charge in [-0.25, -0.2) is 8.93 Å². The van der Waals surface area contributed by atoms with E-state index in [9.17, 15) is 4.21 Å². The summed E-state index contributed by atoms with van der Waals surface area (Å²) in [7, 11) is 0.522. The van der Waals surface area contributed by atoms with Crippen molar-refractivity contribution in [3.8, 4) is 0 Å². The van der Waals surface area contributed by atoms with Crippen LogP contribution in [0.25, 0.3) is 0 Å². The minimum absolute atomic E-state index is 0.00407. The minimum atomic E-state index is -1.19. The molecule has 2 unspecified atom stereocenters. The molecule has 0 fully saturated rings. The molecule has 0 aromatic heterocycles.